The van der Waals surface area contributed by atoms with E-state index < -0.39 is 11.9 Å². The zero-order chi connectivity index (χ0) is 31.3. The van der Waals surface area contributed by atoms with Crippen LogP contribution in [0.25, 0.3) is 0 Å². The van der Waals surface area contributed by atoms with Gasteiger partial charge in [-0.3, -0.25) is 9.59 Å². The Kier molecular flexibility index (Phi) is 34.3. The predicted octanol–water partition coefficient (Wildman–Crippen LogP) is 12.1. The number of hydrogen-bond acceptors (Lipinski definition) is 4. The van der Waals surface area contributed by atoms with E-state index in [1.54, 1.807) is 0 Å². The molecule has 0 spiro atoms. The van der Waals surface area contributed by atoms with Gasteiger partial charge in [-0.2, -0.15) is 0 Å². The number of allylic oxidation sites excluding steroid dienone is 8. The summed E-state index contributed by atoms with van der Waals surface area (Å²) < 4.78 is 10.4. The van der Waals surface area contributed by atoms with Crippen molar-refractivity contribution in [1.82, 2.24) is 0 Å². The minimum absolute atomic E-state index is 0.273. The highest BCUT2D eigenvalue weighted by atomic mass is 16.6. The van der Waals surface area contributed by atoms with Gasteiger partial charge >= 0.3 is 11.9 Å². The monoisotopic (exact) mass is 601 g/mol. The lowest BCUT2D eigenvalue weighted by molar-refractivity contribution is -0.154. The van der Waals surface area contributed by atoms with Gasteiger partial charge in [-0.1, -0.05) is 140 Å². The van der Waals surface area contributed by atoms with E-state index in [1.807, 2.05) is 0 Å². The van der Waals surface area contributed by atoms with Crippen LogP contribution in [0.15, 0.2) is 48.6 Å². The van der Waals surface area contributed by atoms with E-state index in [9.17, 15) is 9.59 Å². The van der Waals surface area contributed by atoms with Crippen molar-refractivity contribution in [2.75, 3.05) is 13.2 Å². The smallest absolute Gasteiger partial charge is 0.317 e. The van der Waals surface area contributed by atoms with Crippen molar-refractivity contribution < 1.29 is 19.1 Å². The first-order valence-electron chi connectivity index (χ1n) is 18.1. The van der Waals surface area contributed by atoms with Crippen LogP contribution < -0.4 is 0 Å². The predicted molar refractivity (Wildman–Crippen MR) is 185 cm³/mol. The van der Waals surface area contributed by atoms with Gasteiger partial charge in [-0.25, -0.2) is 0 Å². The lowest BCUT2D eigenvalue weighted by atomic mass is 10.1. The normalized spacial score (nSPS) is 12.0. The molecule has 0 unspecified atom stereocenters. The minimum atomic E-state index is -0.468. The molecule has 0 rings (SSSR count). The summed E-state index contributed by atoms with van der Waals surface area (Å²) in [6.45, 7) is 5.28. The molecule has 248 valence electrons. The van der Waals surface area contributed by atoms with Crippen LogP contribution in [-0.2, 0) is 19.1 Å². The van der Waals surface area contributed by atoms with Crippen molar-refractivity contribution in [3.8, 4) is 0 Å². The SMILES string of the molecule is CCCCC/C=C\C/C=C\CCCCCCCCOC(=O)CC(=O)OCCCCCCCC/C=C\C/C=C\CCCCC. The molecular formula is C39H68O4. The number of carbonyl (C=O) groups is 2. The first-order chi connectivity index (χ1) is 21.2. The zero-order valence-corrected chi connectivity index (χ0v) is 28.3. The highest BCUT2D eigenvalue weighted by Gasteiger charge is 2.11. The topological polar surface area (TPSA) is 52.6 Å². The second kappa shape index (κ2) is 36.1. The average molecular weight is 601 g/mol. The van der Waals surface area contributed by atoms with Gasteiger partial charge in [-0.15, -0.1) is 0 Å². The van der Waals surface area contributed by atoms with Crippen LogP contribution in [0.4, 0.5) is 0 Å². The number of esters is 2. The van der Waals surface area contributed by atoms with Gasteiger partial charge < -0.3 is 9.47 Å². The molecule has 0 bridgehead atoms. The van der Waals surface area contributed by atoms with Crippen LogP contribution in [0.3, 0.4) is 0 Å². The fourth-order valence-electron chi connectivity index (χ4n) is 4.77. The molecule has 0 aromatic heterocycles. The quantitative estimate of drug-likeness (QED) is 0.0333. The van der Waals surface area contributed by atoms with Crippen molar-refractivity contribution >= 4 is 11.9 Å². The molecule has 0 aromatic carbocycles. The molecular weight excluding hydrogens is 532 g/mol. The molecule has 4 heteroatoms. The minimum Gasteiger partial charge on any atom is -0.465 e. The molecule has 0 amide bonds. The third kappa shape index (κ3) is 36.0. The third-order valence-corrected chi connectivity index (χ3v) is 7.50. The van der Waals surface area contributed by atoms with Crippen molar-refractivity contribution in [2.45, 2.75) is 174 Å². The summed E-state index contributed by atoms with van der Waals surface area (Å²) in [7, 11) is 0. The molecule has 43 heavy (non-hydrogen) atoms. The van der Waals surface area contributed by atoms with Crippen LogP contribution in [0.2, 0.25) is 0 Å². The van der Waals surface area contributed by atoms with E-state index in [0.29, 0.717) is 13.2 Å². The molecule has 0 aliphatic rings. The molecule has 0 N–H and O–H groups in total. The Morgan fingerprint density at radius 2 is 0.698 bits per heavy atom. The molecule has 0 aliphatic heterocycles. The fourth-order valence-corrected chi connectivity index (χ4v) is 4.77. The molecule has 0 fully saturated rings. The second-order valence-corrected chi connectivity index (χ2v) is 11.8. The summed E-state index contributed by atoms with van der Waals surface area (Å²) in [6, 6.07) is 0. The van der Waals surface area contributed by atoms with Gasteiger partial charge in [-0.05, 0) is 77.0 Å². The van der Waals surface area contributed by atoms with Crippen molar-refractivity contribution in [3.63, 3.8) is 0 Å². The third-order valence-electron chi connectivity index (χ3n) is 7.50. The Labute approximate surface area is 266 Å². The molecule has 0 heterocycles. The molecule has 0 atom stereocenters. The van der Waals surface area contributed by atoms with Crippen LogP contribution in [0.1, 0.15) is 174 Å². The lowest BCUT2D eigenvalue weighted by Gasteiger charge is -2.06. The summed E-state index contributed by atoms with van der Waals surface area (Å²) >= 11 is 0. The van der Waals surface area contributed by atoms with Crippen LogP contribution in [0.5, 0.6) is 0 Å². The maximum Gasteiger partial charge on any atom is 0.317 e. The van der Waals surface area contributed by atoms with Crippen LogP contribution >= 0.6 is 0 Å². The van der Waals surface area contributed by atoms with E-state index >= 15 is 0 Å². The molecule has 0 aromatic rings. The van der Waals surface area contributed by atoms with Gasteiger partial charge in [0.15, 0.2) is 0 Å². The Morgan fingerprint density at radius 1 is 0.395 bits per heavy atom. The summed E-state index contributed by atoms with van der Waals surface area (Å²) in [6.07, 6.45) is 46.4. The van der Waals surface area contributed by atoms with Crippen LogP contribution in [-0.4, -0.2) is 25.2 Å². The molecule has 0 saturated carbocycles. The average Bonchev–Trinajstić information content (AvgIpc) is 3.00. The van der Waals surface area contributed by atoms with Gasteiger partial charge in [0.05, 0.1) is 13.2 Å². The molecule has 0 radical (unpaired) electrons. The number of unbranched alkanes of at least 4 members (excludes halogenated alkanes) is 18. The lowest BCUT2D eigenvalue weighted by Crippen LogP contribution is -2.15. The highest BCUT2D eigenvalue weighted by Crippen LogP contribution is 2.10. The molecule has 4 nitrogen and oxygen atoms in total. The molecule has 0 aliphatic carbocycles. The number of hydrogen-bond donors (Lipinski definition) is 0. The standard InChI is InChI=1S/C39H68O4/c1-3-5-7-9-11-13-15-17-19-21-23-25-27-29-31-33-35-42-38(40)37-39(41)43-36-34-32-30-28-26-24-22-20-18-16-14-12-10-8-6-4-2/h11-14,17-20H,3-10,15-16,21-37H2,1-2H3/b13-11-,14-12-,19-17-,20-18-. The van der Waals surface area contributed by atoms with E-state index in [4.69, 9.17) is 9.47 Å². The summed E-state index contributed by atoms with van der Waals surface area (Å²) in [5.41, 5.74) is 0. The van der Waals surface area contributed by atoms with E-state index in [2.05, 4.69) is 62.5 Å². The highest BCUT2D eigenvalue weighted by molar-refractivity contribution is 5.91. The van der Waals surface area contributed by atoms with Crippen LogP contribution in [0, 0.1) is 0 Å². The van der Waals surface area contributed by atoms with Crippen molar-refractivity contribution in [2.24, 2.45) is 0 Å². The fraction of sp³-hybridized carbons (Fsp3) is 0.744. The maximum atomic E-state index is 11.9. The van der Waals surface area contributed by atoms with Gasteiger partial charge in [0.2, 0.25) is 0 Å². The number of ether oxygens (including phenoxy) is 2. The second-order valence-electron chi connectivity index (χ2n) is 11.8. The van der Waals surface area contributed by atoms with Crippen molar-refractivity contribution in [3.05, 3.63) is 48.6 Å². The Bertz CT molecular complexity index is 659. The van der Waals surface area contributed by atoms with Gasteiger partial charge in [0.25, 0.3) is 0 Å². The van der Waals surface area contributed by atoms with Gasteiger partial charge in [0, 0.05) is 0 Å². The van der Waals surface area contributed by atoms with Gasteiger partial charge in [0.1, 0.15) is 6.42 Å². The Morgan fingerprint density at radius 3 is 1.05 bits per heavy atom. The Balaban J connectivity index is 3.39. The van der Waals surface area contributed by atoms with Crippen molar-refractivity contribution in [1.29, 1.82) is 0 Å². The molecule has 0 saturated heterocycles. The number of rotatable bonds is 32. The first kappa shape index (κ1) is 40.9. The summed E-state index contributed by atoms with van der Waals surface area (Å²) in [4.78, 5) is 23.7. The summed E-state index contributed by atoms with van der Waals surface area (Å²) in [5.74, 6) is -0.936. The summed E-state index contributed by atoms with van der Waals surface area (Å²) in [5, 5.41) is 0. The first-order valence-corrected chi connectivity index (χ1v) is 18.1. The van der Waals surface area contributed by atoms with E-state index in [1.165, 1.54) is 89.9 Å². The zero-order valence-electron chi connectivity index (χ0n) is 28.3. The maximum absolute atomic E-state index is 11.9. The van der Waals surface area contributed by atoms with E-state index in [-0.39, 0.29) is 6.42 Å². The Hall–Kier alpha value is -2.10. The number of carbonyl (C=O) groups excluding carboxylic acids is 2. The largest absolute Gasteiger partial charge is 0.465 e. The van der Waals surface area contributed by atoms with E-state index in [0.717, 1.165) is 64.2 Å².